The number of likely N-dealkylation sites (N-methyl/N-ethyl adjacent to an activating group) is 1. The summed E-state index contributed by atoms with van der Waals surface area (Å²) in [5.41, 5.74) is 0. The van der Waals surface area contributed by atoms with Gasteiger partial charge in [-0.15, -0.1) is 0 Å². The van der Waals surface area contributed by atoms with Gasteiger partial charge in [-0.2, -0.15) is 12.7 Å². The first-order valence-electron chi connectivity index (χ1n) is 8.68. The van der Waals surface area contributed by atoms with E-state index in [1.807, 2.05) is 11.9 Å². The van der Waals surface area contributed by atoms with Crippen molar-refractivity contribution in [2.75, 3.05) is 52.9 Å². The first-order chi connectivity index (χ1) is 11.0. The monoisotopic (exact) mass is 344 g/mol. The third kappa shape index (κ3) is 4.43. The number of hydrogen-bond donors (Lipinski definition) is 1. The van der Waals surface area contributed by atoms with Crippen LogP contribution >= 0.6 is 0 Å². The molecular weight excluding hydrogens is 316 g/mol. The van der Waals surface area contributed by atoms with Crippen molar-refractivity contribution in [2.24, 2.45) is 11.8 Å². The molecule has 1 saturated carbocycles. The maximum atomic E-state index is 12.4. The third-order valence-electron chi connectivity index (χ3n) is 5.11. The van der Waals surface area contributed by atoms with Crippen LogP contribution in [0.4, 0.5) is 0 Å². The molecule has 0 aromatic carbocycles. The summed E-state index contributed by atoms with van der Waals surface area (Å²) in [5.74, 6) is 0.751. The van der Waals surface area contributed by atoms with Crippen LogP contribution in [-0.2, 0) is 15.0 Å². The van der Waals surface area contributed by atoms with E-state index in [9.17, 15) is 13.2 Å². The average Bonchev–Trinajstić information content (AvgIpc) is 3.38. The molecule has 0 aromatic rings. The van der Waals surface area contributed by atoms with E-state index in [2.05, 4.69) is 9.62 Å². The first-order valence-corrected chi connectivity index (χ1v) is 10.1. The van der Waals surface area contributed by atoms with Crippen molar-refractivity contribution in [3.8, 4) is 0 Å². The Hall–Kier alpha value is -0.700. The van der Waals surface area contributed by atoms with Gasteiger partial charge in [0.2, 0.25) is 5.91 Å². The van der Waals surface area contributed by atoms with E-state index in [0.29, 0.717) is 26.2 Å². The summed E-state index contributed by atoms with van der Waals surface area (Å²) in [4.78, 5) is 16.2. The summed E-state index contributed by atoms with van der Waals surface area (Å²) >= 11 is 0. The number of nitrogens with zero attached hydrogens (tertiary/aromatic N) is 3. The molecule has 2 saturated heterocycles. The highest BCUT2D eigenvalue weighted by Gasteiger charge is 2.35. The molecule has 23 heavy (non-hydrogen) atoms. The number of nitrogens with one attached hydrogen (secondary N) is 1. The molecule has 2 aliphatic heterocycles. The maximum absolute atomic E-state index is 12.4. The Kier molecular flexibility index (Phi) is 5.25. The smallest absolute Gasteiger partial charge is 0.279 e. The van der Waals surface area contributed by atoms with Gasteiger partial charge in [-0.05, 0) is 38.6 Å². The van der Waals surface area contributed by atoms with E-state index >= 15 is 0 Å². The second kappa shape index (κ2) is 7.04. The van der Waals surface area contributed by atoms with Gasteiger partial charge in [0.05, 0.1) is 0 Å². The highest BCUT2D eigenvalue weighted by atomic mass is 32.2. The molecule has 2 heterocycles. The predicted octanol–water partition coefficient (Wildman–Crippen LogP) is -0.283. The molecule has 3 aliphatic rings. The van der Waals surface area contributed by atoms with Crippen LogP contribution in [0.1, 0.15) is 25.7 Å². The summed E-state index contributed by atoms with van der Waals surface area (Å²) in [6, 6.07) is 0. The fourth-order valence-corrected chi connectivity index (χ4v) is 4.64. The summed E-state index contributed by atoms with van der Waals surface area (Å²) in [7, 11) is -1.39. The van der Waals surface area contributed by atoms with E-state index in [-0.39, 0.29) is 17.7 Å². The normalized spacial score (nSPS) is 28.0. The van der Waals surface area contributed by atoms with E-state index in [0.717, 1.165) is 45.3 Å². The Labute approximate surface area is 139 Å². The van der Waals surface area contributed by atoms with Gasteiger partial charge in [0, 0.05) is 51.7 Å². The molecule has 0 bridgehead atoms. The zero-order chi connectivity index (χ0) is 16.4. The number of hydrogen-bond acceptors (Lipinski definition) is 4. The highest BCUT2D eigenvalue weighted by molar-refractivity contribution is 7.87. The van der Waals surface area contributed by atoms with Gasteiger partial charge in [-0.1, -0.05) is 0 Å². The van der Waals surface area contributed by atoms with Crippen molar-refractivity contribution in [1.29, 1.82) is 0 Å². The maximum Gasteiger partial charge on any atom is 0.279 e. The van der Waals surface area contributed by atoms with Crippen molar-refractivity contribution < 1.29 is 13.2 Å². The highest BCUT2D eigenvalue weighted by Crippen LogP contribution is 2.32. The second-order valence-electron chi connectivity index (χ2n) is 7.12. The minimum atomic E-state index is -3.39. The van der Waals surface area contributed by atoms with Crippen molar-refractivity contribution >= 4 is 16.1 Å². The zero-order valence-corrected chi connectivity index (χ0v) is 14.7. The van der Waals surface area contributed by atoms with Gasteiger partial charge < -0.3 is 9.80 Å². The van der Waals surface area contributed by atoms with Gasteiger partial charge in [-0.25, -0.2) is 4.72 Å². The van der Waals surface area contributed by atoms with Gasteiger partial charge in [-0.3, -0.25) is 4.79 Å². The van der Waals surface area contributed by atoms with Crippen LogP contribution < -0.4 is 4.72 Å². The molecule has 3 rings (SSSR count). The Balaban J connectivity index is 1.48. The quantitative estimate of drug-likeness (QED) is 0.744. The van der Waals surface area contributed by atoms with Crippen LogP contribution in [0.25, 0.3) is 0 Å². The summed E-state index contributed by atoms with van der Waals surface area (Å²) in [5, 5.41) is 0. The minimum absolute atomic E-state index is 0.230. The molecular formula is C15H28N4O3S. The number of piperidine rings is 1. The first kappa shape index (κ1) is 17.1. The van der Waals surface area contributed by atoms with Crippen LogP contribution in [0, 0.1) is 11.8 Å². The number of carbonyl (C=O) groups is 1. The topological polar surface area (TPSA) is 73.0 Å². The van der Waals surface area contributed by atoms with E-state index in [1.165, 1.54) is 4.31 Å². The van der Waals surface area contributed by atoms with Gasteiger partial charge >= 0.3 is 0 Å². The largest absolute Gasteiger partial charge is 0.342 e. The fraction of sp³-hybridized carbons (Fsp3) is 0.933. The summed E-state index contributed by atoms with van der Waals surface area (Å²) < 4.78 is 29.1. The Morgan fingerprint density at radius 2 is 1.78 bits per heavy atom. The zero-order valence-electron chi connectivity index (χ0n) is 13.9. The lowest BCUT2D eigenvalue weighted by atomic mass is 9.98. The van der Waals surface area contributed by atoms with Crippen molar-refractivity contribution in [3.05, 3.63) is 0 Å². The van der Waals surface area contributed by atoms with E-state index in [1.54, 1.807) is 0 Å². The summed E-state index contributed by atoms with van der Waals surface area (Å²) in [6.07, 6.45) is 4.01. The van der Waals surface area contributed by atoms with E-state index < -0.39 is 10.2 Å². The molecule has 1 N–H and O–H groups in total. The molecule has 1 unspecified atom stereocenters. The average molecular weight is 344 g/mol. The molecule has 132 valence electrons. The number of amides is 1. The van der Waals surface area contributed by atoms with E-state index in [4.69, 9.17) is 0 Å². The second-order valence-corrected chi connectivity index (χ2v) is 8.88. The molecule has 1 atom stereocenters. The number of piperazine rings is 1. The molecule has 0 radical (unpaired) electrons. The molecule has 8 heteroatoms. The van der Waals surface area contributed by atoms with Crippen LogP contribution in [0.15, 0.2) is 0 Å². The third-order valence-corrected chi connectivity index (χ3v) is 6.69. The number of likely N-dealkylation sites (tertiary alicyclic amines) is 1. The van der Waals surface area contributed by atoms with Crippen molar-refractivity contribution in [1.82, 2.24) is 18.8 Å². The number of carbonyl (C=O) groups excluding carboxylic acids is 1. The molecule has 1 aliphatic carbocycles. The SMILES string of the molecule is CN1CCN(S(=O)(=O)NCC2CCCN(C(=O)C3CC3)C2)CC1. The van der Waals surface area contributed by atoms with Crippen molar-refractivity contribution in [2.45, 2.75) is 25.7 Å². The Morgan fingerprint density at radius 3 is 2.43 bits per heavy atom. The molecule has 7 nitrogen and oxygen atoms in total. The Morgan fingerprint density at radius 1 is 1.09 bits per heavy atom. The summed E-state index contributed by atoms with van der Waals surface area (Å²) in [6.45, 7) is 4.59. The lowest BCUT2D eigenvalue weighted by molar-refractivity contribution is -0.134. The van der Waals surface area contributed by atoms with Crippen LogP contribution in [0.5, 0.6) is 0 Å². The van der Waals surface area contributed by atoms with Crippen LogP contribution in [-0.4, -0.2) is 81.3 Å². The Bertz CT molecular complexity index is 527. The van der Waals surface area contributed by atoms with Gasteiger partial charge in [0.1, 0.15) is 0 Å². The minimum Gasteiger partial charge on any atom is -0.342 e. The van der Waals surface area contributed by atoms with Gasteiger partial charge in [0.25, 0.3) is 10.2 Å². The molecule has 1 amide bonds. The molecule has 3 fully saturated rings. The molecule has 0 aromatic heterocycles. The van der Waals surface area contributed by atoms with Crippen molar-refractivity contribution in [3.63, 3.8) is 0 Å². The standard InChI is InChI=1S/C15H28N4O3S/c1-17-7-9-19(10-8-17)23(21,22)16-11-13-3-2-6-18(12-13)15(20)14-4-5-14/h13-14,16H,2-12H2,1H3. The van der Waals surface area contributed by atoms with Crippen LogP contribution in [0.3, 0.4) is 0 Å². The lowest BCUT2D eigenvalue weighted by Gasteiger charge is -2.34. The number of rotatable bonds is 5. The van der Waals surface area contributed by atoms with Crippen LogP contribution in [0.2, 0.25) is 0 Å². The fourth-order valence-electron chi connectivity index (χ4n) is 3.36. The molecule has 0 spiro atoms. The lowest BCUT2D eigenvalue weighted by Crippen LogP contribution is -2.52. The van der Waals surface area contributed by atoms with Gasteiger partial charge in [0.15, 0.2) is 0 Å². The predicted molar refractivity (Wildman–Crippen MR) is 88.0 cm³/mol.